The average molecular weight is 269 g/mol. The lowest BCUT2D eigenvalue weighted by Crippen LogP contribution is -1.97. The molecule has 0 unspecified atom stereocenters. The van der Waals surface area contributed by atoms with Gasteiger partial charge in [0.1, 0.15) is 5.69 Å². The Morgan fingerprint density at radius 3 is 2.58 bits per heavy atom. The van der Waals surface area contributed by atoms with Gasteiger partial charge < -0.3 is 5.73 Å². The highest BCUT2D eigenvalue weighted by Gasteiger charge is 2.12. The SMILES string of the molecule is Cc1ccc(-c2nn(-c3ccccc3C)cc2N)s1. The number of anilines is 1. The van der Waals surface area contributed by atoms with Crippen molar-refractivity contribution < 1.29 is 0 Å². The first-order valence-electron chi connectivity index (χ1n) is 6.13. The maximum atomic E-state index is 6.09. The van der Waals surface area contributed by atoms with E-state index in [4.69, 9.17) is 5.73 Å². The average Bonchev–Trinajstić information content (AvgIpc) is 2.96. The van der Waals surface area contributed by atoms with Crippen molar-refractivity contribution in [1.29, 1.82) is 0 Å². The fraction of sp³-hybridized carbons (Fsp3) is 0.133. The van der Waals surface area contributed by atoms with E-state index < -0.39 is 0 Å². The second-order valence-electron chi connectivity index (χ2n) is 4.57. The first-order valence-corrected chi connectivity index (χ1v) is 6.95. The molecule has 0 saturated heterocycles. The standard InChI is InChI=1S/C15H15N3S/c1-10-5-3-4-6-13(10)18-9-12(16)15(17-18)14-8-7-11(2)19-14/h3-9H,16H2,1-2H3. The number of nitrogens with two attached hydrogens (primary N) is 1. The summed E-state index contributed by atoms with van der Waals surface area (Å²) in [6.45, 7) is 4.16. The van der Waals surface area contributed by atoms with E-state index in [9.17, 15) is 0 Å². The summed E-state index contributed by atoms with van der Waals surface area (Å²) in [6.07, 6.45) is 1.88. The highest BCUT2D eigenvalue weighted by molar-refractivity contribution is 7.15. The molecular formula is C15H15N3S. The number of benzene rings is 1. The van der Waals surface area contributed by atoms with Crippen molar-refractivity contribution in [2.75, 3.05) is 5.73 Å². The Labute approximate surface area is 116 Å². The maximum Gasteiger partial charge on any atom is 0.126 e. The van der Waals surface area contributed by atoms with Gasteiger partial charge in [-0.25, -0.2) is 4.68 Å². The molecule has 2 aromatic heterocycles. The number of hydrogen-bond acceptors (Lipinski definition) is 3. The molecular weight excluding hydrogens is 254 g/mol. The lowest BCUT2D eigenvalue weighted by atomic mass is 10.2. The van der Waals surface area contributed by atoms with E-state index in [1.807, 2.05) is 29.1 Å². The molecule has 0 aliphatic carbocycles. The Hall–Kier alpha value is -2.07. The van der Waals surface area contributed by atoms with Crippen LogP contribution in [0.2, 0.25) is 0 Å². The molecule has 0 saturated carbocycles. The quantitative estimate of drug-likeness (QED) is 0.769. The molecule has 96 valence electrons. The molecule has 0 aliphatic rings. The number of rotatable bonds is 2. The minimum atomic E-state index is 0.713. The van der Waals surface area contributed by atoms with Gasteiger partial charge >= 0.3 is 0 Å². The lowest BCUT2D eigenvalue weighted by molar-refractivity contribution is 0.877. The maximum absolute atomic E-state index is 6.09. The normalized spacial score (nSPS) is 10.8. The van der Waals surface area contributed by atoms with Gasteiger partial charge in [-0.15, -0.1) is 11.3 Å². The Morgan fingerprint density at radius 1 is 1.11 bits per heavy atom. The Kier molecular flexibility index (Phi) is 2.87. The molecule has 0 radical (unpaired) electrons. The minimum Gasteiger partial charge on any atom is -0.396 e. The number of nitrogens with zero attached hydrogens (tertiary/aromatic N) is 2. The fourth-order valence-electron chi connectivity index (χ4n) is 2.08. The monoisotopic (exact) mass is 269 g/mol. The predicted octanol–water partition coefficient (Wildman–Crippen LogP) is 3.80. The van der Waals surface area contributed by atoms with E-state index >= 15 is 0 Å². The van der Waals surface area contributed by atoms with E-state index in [-0.39, 0.29) is 0 Å². The largest absolute Gasteiger partial charge is 0.396 e. The van der Waals surface area contributed by atoms with Gasteiger partial charge in [-0.3, -0.25) is 0 Å². The van der Waals surface area contributed by atoms with Crippen molar-refractivity contribution in [1.82, 2.24) is 9.78 Å². The van der Waals surface area contributed by atoms with Gasteiger partial charge in [-0.05, 0) is 37.6 Å². The number of hydrogen-bond donors (Lipinski definition) is 1. The van der Waals surface area contributed by atoms with Crippen LogP contribution in [0, 0.1) is 13.8 Å². The zero-order valence-electron chi connectivity index (χ0n) is 10.9. The predicted molar refractivity (Wildman–Crippen MR) is 80.8 cm³/mol. The van der Waals surface area contributed by atoms with Crippen molar-refractivity contribution in [3.8, 4) is 16.3 Å². The summed E-state index contributed by atoms with van der Waals surface area (Å²) in [5.41, 5.74) is 9.91. The summed E-state index contributed by atoms with van der Waals surface area (Å²) in [4.78, 5) is 2.38. The van der Waals surface area contributed by atoms with Crippen LogP contribution in [-0.2, 0) is 0 Å². The van der Waals surface area contributed by atoms with Crippen LogP contribution < -0.4 is 5.73 Å². The van der Waals surface area contributed by atoms with Gasteiger partial charge in [-0.2, -0.15) is 5.10 Å². The summed E-state index contributed by atoms with van der Waals surface area (Å²) >= 11 is 1.71. The van der Waals surface area contributed by atoms with Crippen LogP contribution in [0.15, 0.2) is 42.6 Å². The van der Waals surface area contributed by atoms with Crippen LogP contribution in [0.1, 0.15) is 10.4 Å². The molecule has 3 aromatic rings. The molecule has 2 heterocycles. The third kappa shape index (κ3) is 2.15. The van der Waals surface area contributed by atoms with Crippen LogP contribution >= 0.6 is 11.3 Å². The van der Waals surface area contributed by atoms with Crippen LogP contribution in [0.4, 0.5) is 5.69 Å². The van der Waals surface area contributed by atoms with Crippen LogP contribution in [0.3, 0.4) is 0 Å². The molecule has 3 nitrogen and oxygen atoms in total. The smallest absolute Gasteiger partial charge is 0.126 e. The van der Waals surface area contributed by atoms with Gasteiger partial charge in [0.15, 0.2) is 0 Å². The zero-order valence-corrected chi connectivity index (χ0v) is 11.7. The highest BCUT2D eigenvalue weighted by Crippen LogP contribution is 2.31. The second kappa shape index (κ2) is 4.55. The summed E-state index contributed by atoms with van der Waals surface area (Å²) in [5.74, 6) is 0. The molecule has 0 spiro atoms. The fourth-order valence-corrected chi connectivity index (χ4v) is 2.96. The van der Waals surface area contributed by atoms with Gasteiger partial charge in [-0.1, -0.05) is 18.2 Å². The molecule has 3 rings (SSSR count). The number of thiophene rings is 1. The van der Waals surface area contributed by atoms with Crippen molar-refractivity contribution in [2.24, 2.45) is 0 Å². The summed E-state index contributed by atoms with van der Waals surface area (Å²) in [5, 5.41) is 4.63. The van der Waals surface area contributed by atoms with Gasteiger partial charge in [0.05, 0.1) is 22.4 Å². The molecule has 0 amide bonds. The van der Waals surface area contributed by atoms with Crippen LogP contribution in [0.5, 0.6) is 0 Å². The molecule has 0 aliphatic heterocycles. The Balaban J connectivity index is 2.10. The highest BCUT2D eigenvalue weighted by atomic mass is 32.1. The molecule has 2 N–H and O–H groups in total. The van der Waals surface area contributed by atoms with Crippen LogP contribution in [-0.4, -0.2) is 9.78 Å². The summed E-state index contributed by atoms with van der Waals surface area (Å²) < 4.78 is 1.86. The van der Waals surface area contributed by atoms with E-state index in [1.54, 1.807) is 11.3 Å². The van der Waals surface area contributed by atoms with Gasteiger partial charge in [0.2, 0.25) is 0 Å². The van der Waals surface area contributed by atoms with Crippen molar-refractivity contribution in [2.45, 2.75) is 13.8 Å². The summed E-state index contributed by atoms with van der Waals surface area (Å²) in [6, 6.07) is 12.3. The molecule has 0 bridgehead atoms. The number of para-hydroxylation sites is 1. The topological polar surface area (TPSA) is 43.8 Å². The van der Waals surface area contributed by atoms with Crippen molar-refractivity contribution >= 4 is 17.0 Å². The third-order valence-corrected chi connectivity index (χ3v) is 4.09. The van der Waals surface area contributed by atoms with E-state index in [0.29, 0.717) is 5.69 Å². The minimum absolute atomic E-state index is 0.713. The van der Waals surface area contributed by atoms with E-state index in [0.717, 1.165) is 16.3 Å². The lowest BCUT2D eigenvalue weighted by Gasteiger charge is -2.04. The summed E-state index contributed by atoms with van der Waals surface area (Å²) in [7, 11) is 0. The zero-order chi connectivity index (χ0) is 13.4. The van der Waals surface area contributed by atoms with Crippen LogP contribution in [0.25, 0.3) is 16.3 Å². The van der Waals surface area contributed by atoms with Crippen molar-refractivity contribution in [3.63, 3.8) is 0 Å². The first-order chi connectivity index (χ1) is 9.15. The molecule has 1 aromatic carbocycles. The van der Waals surface area contributed by atoms with E-state index in [2.05, 4.69) is 37.1 Å². The number of aromatic nitrogens is 2. The molecule has 0 fully saturated rings. The van der Waals surface area contributed by atoms with Crippen molar-refractivity contribution in [3.05, 3.63) is 53.0 Å². The number of aryl methyl sites for hydroxylation is 2. The third-order valence-electron chi connectivity index (χ3n) is 3.08. The molecule has 19 heavy (non-hydrogen) atoms. The number of nitrogen functional groups attached to an aromatic ring is 1. The molecule has 4 heteroatoms. The van der Waals surface area contributed by atoms with Gasteiger partial charge in [0, 0.05) is 4.88 Å². The molecule has 0 atom stereocenters. The Morgan fingerprint density at radius 2 is 1.89 bits per heavy atom. The Bertz CT molecular complexity index is 725. The second-order valence-corrected chi connectivity index (χ2v) is 5.86. The van der Waals surface area contributed by atoms with E-state index in [1.165, 1.54) is 10.4 Å². The first kappa shape index (κ1) is 12.0. The van der Waals surface area contributed by atoms with Gasteiger partial charge in [0.25, 0.3) is 0 Å².